The lowest BCUT2D eigenvalue weighted by Crippen LogP contribution is -2.14. The minimum absolute atomic E-state index is 0.153. The third-order valence-electron chi connectivity index (χ3n) is 4.37. The number of benzene rings is 1. The number of aryl methyl sites for hydroxylation is 1. The summed E-state index contributed by atoms with van der Waals surface area (Å²) in [6.07, 6.45) is 1.63. The van der Waals surface area contributed by atoms with Gasteiger partial charge in [-0.15, -0.1) is 21.5 Å². The van der Waals surface area contributed by atoms with Gasteiger partial charge in [0.1, 0.15) is 16.8 Å². The van der Waals surface area contributed by atoms with E-state index in [4.69, 9.17) is 9.68 Å². The molecule has 0 saturated heterocycles. The van der Waals surface area contributed by atoms with Gasteiger partial charge in [0.05, 0.1) is 29.7 Å². The van der Waals surface area contributed by atoms with Crippen LogP contribution >= 0.6 is 23.1 Å². The van der Waals surface area contributed by atoms with Gasteiger partial charge in [0.25, 0.3) is 0 Å². The van der Waals surface area contributed by atoms with E-state index in [1.165, 1.54) is 23.1 Å². The summed E-state index contributed by atoms with van der Waals surface area (Å²) < 4.78 is 7.42. The highest BCUT2D eigenvalue weighted by molar-refractivity contribution is 7.99. The number of thioether (sulfide) groups is 1. The second-order valence-corrected chi connectivity index (χ2v) is 8.24. The van der Waals surface area contributed by atoms with E-state index in [2.05, 4.69) is 21.6 Å². The lowest BCUT2D eigenvalue weighted by molar-refractivity contribution is -0.113. The number of hydrogen-bond donors (Lipinski definition) is 1. The third-order valence-corrected chi connectivity index (χ3v) is 6.17. The van der Waals surface area contributed by atoms with E-state index in [1.807, 2.05) is 47.9 Å². The molecule has 0 aliphatic carbocycles. The molecule has 1 N–H and O–H groups in total. The molecule has 7 nitrogen and oxygen atoms in total. The van der Waals surface area contributed by atoms with Crippen molar-refractivity contribution >= 4 is 34.0 Å². The minimum Gasteiger partial charge on any atom is -0.469 e. The molecule has 0 bridgehead atoms. The number of hydrogen-bond acceptors (Lipinski definition) is 7. The van der Waals surface area contributed by atoms with Gasteiger partial charge in [0, 0.05) is 0 Å². The molecule has 0 unspecified atom stereocenters. The molecule has 4 aromatic rings. The predicted octanol–water partition coefficient (Wildman–Crippen LogP) is 4.56. The van der Waals surface area contributed by atoms with Crippen LogP contribution in [0, 0.1) is 18.3 Å². The van der Waals surface area contributed by atoms with Crippen LogP contribution in [0.1, 0.15) is 16.9 Å². The van der Waals surface area contributed by atoms with Gasteiger partial charge in [-0.25, -0.2) is 0 Å². The maximum absolute atomic E-state index is 12.4. The molecule has 0 atom stereocenters. The number of carbonyl (C=O) groups is 1. The zero-order valence-electron chi connectivity index (χ0n) is 16.0. The molecular weight excluding hydrogens is 418 g/mol. The van der Waals surface area contributed by atoms with Crippen molar-refractivity contribution in [3.05, 3.63) is 71.0 Å². The fourth-order valence-electron chi connectivity index (χ4n) is 2.91. The third kappa shape index (κ3) is 4.30. The van der Waals surface area contributed by atoms with Crippen molar-refractivity contribution in [1.82, 2.24) is 14.8 Å². The monoisotopic (exact) mass is 435 g/mol. The van der Waals surface area contributed by atoms with Crippen molar-refractivity contribution in [3.8, 4) is 17.5 Å². The van der Waals surface area contributed by atoms with Gasteiger partial charge in [-0.3, -0.25) is 9.36 Å². The summed E-state index contributed by atoms with van der Waals surface area (Å²) in [7, 11) is 0. The Hall–Kier alpha value is -3.35. The Morgan fingerprint density at radius 2 is 2.10 bits per heavy atom. The average molecular weight is 436 g/mol. The second kappa shape index (κ2) is 8.98. The fourth-order valence-corrected chi connectivity index (χ4v) is 4.40. The van der Waals surface area contributed by atoms with E-state index in [1.54, 1.807) is 17.7 Å². The molecule has 9 heteroatoms. The normalized spacial score (nSPS) is 10.7. The van der Waals surface area contributed by atoms with Crippen LogP contribution in [0.5, 0.6) is 0 Å². The van der Waals surface area contributed by atoms with Crippen LogP contribution in [0.25, 0.3) is 11.4 Å². The quantitative estimate of drug-likeness (QED) is 0.428. The number of nitriles is 1. The van der Waals surface area contributed by atoms with Gasteiger partial charge in [0.15, 0.2) is 11.0 Å². The van der Waals surface area contributed by atoms with E-state index in [-0.39, 0.29) is 11.7 Å². The summed E-state index contributed by atoms with van der Waals surface area (Å²) >= 11 is 2.63. The summed E-state index contributed by atoms with van der Waals surface area (Å²) in [4.78, 5) is 12.4. The predicted molar refractivity (Wildman–Crippen MR) is 116 cm³/mol. The van der Waals surface area contributed by atoms with Crippen LogP contribution in [-0.2, 0) is 11.3 Å². The summed E-state index contributed by atoms with van der Waals surface area (Å²) in [5, 5.41) is 23.5. The Bertz CT molecular complexity index is 1200. The van der Waals surface area contributed by atoms with Gasteiger partial charge < -0.3 is 9.73 Å². The molecule has 3 aromatic heterocycles. The van der Waals surface area contributed by atoms with Gasteiger partial charge in [0.2, 0.25) is 5.91 Å². The molecule has 0 radical (unpaired) electrons. The Labute approximate surface area is 181 Å². The lowest BCUT2D eigenvalue weighted by Gasteiger charge is -2.10. The van der Waals surface area contributed by atoms with Gasteiger partial charge in [-0.05, 0) is 30.0 Å². The van der Waals surface area contributed by atoms with Crippen LogP contribution < -0.4 is 5.32 Å². The number of aromatic nitrogens is 3. The molecule has 0 spiro atoms. The zero-order valence-corrected chi connectivity index (χ0v) is 17.7. The van der Waals surface area contributed by atoms with E-state index < -0.39 is 0 Å². The van der Waals surface area contributed by atoms with E-state index in [0.29, 0.717) is 28.1 Å². The molecule has 3 heterocycles. The Balaban J connectivity index is 1.55. The summed E-state index contributed by atoms with van der Waals surface area (Å²) in [5.74, 6) is 1.40. The molecule has 1 aromatic carbocycles. The zero-order chi connectivity index (χ0) is 20.9. The SMILES string of the molecule is Cc1occc1-c1nnc(SCC(=O)Nc2sccc2C#N)n1Cc1ccccc1. The Kier molecular flexibility index (Phi) is 5.97. The van der Waals surface area contributed by atoms with Gasteiger partial charge in [-0.1, -0.05) is 42.1 Å². The molecule has 150 valence electrons. The number of nitrogens with zero attached hydrogens (tertiary/aromatic N) is 4. The number of carbonyl (C=O) groups excluding carboxylic acids is 1. The van der Waals surface area contributed by atoms with Gasteiger partial charge >= 0.3 is 0 Å². The molecule has 0 fully saturated rings. The number of anilines is 1. The molecule has 1 amide bonds. The molecule has 0 aliphatic heterocycles. The van der Waals surface area contributed by atoms with E-state index >= 15 is 0 Å². The first kappa shape index (κ1) is 19.9. The van der Waals surface area contributed by atoms with E-state index in [0.717, 1.165) is 16.9 Å². The smallest absolute Gasteiger partial charge is 0.235 e. The molecule has 0 saturated carbocycles. The van der Waals surface area contributed by atoms with Crippen molar-refractivity contribution in [3.63, 3.8) is 0 Å². The summed E-state index contributed by atoms with van der Waals surface area (Å²) in [5.41, 5.74) is 2.43. The van der Waals surface area contributed by atoms with Crippen LogP contribution in [0.15, 0.2) is 63.7 Å². The standard InChI is InChI=1S/C21H17N5O2S2/c1-14-17(7-9-28-14)19-24-25-21(26(19)12-15-5-3-2-4-6-15)30-13-18(27)23-20-16(11-22)8-10-29-20/h2-10H,12-13H2,1H3,(H,23,27). The number of furan rings is 1. The first-order valence-electron chi connectivity index (χ1n) is 9.07. The van der Waals surface area contributed by atoms with Crippen molar-refractivity contribution in [1.29, 1.82) is 5.26 Å². The maximum atomic E-state index is 12.4. The number of thiophene rings is 1. The highest BCUT2D eigenvalue weighted by Gasteiger charge is 2.19. The van der Waals surface area contributed by atoms with Gasteiger partial charge in [-0.2, -0.15) is 5.26 Å². The van der Waals surface area contributed by atoms with Crippen molar-refractivity contribution in [2.75, 3.05) is 11.1 Å². The van der Waals surface area contributed by atoms with Crippen molar-refractivity contribution in [2.24, 2.45) is 0 Å². The number of rotatable bonds is 7. The topological polar surface area (TPSA) is 96.7 Å². The van der Waals surface area contributed by atoms with Crippen LogP contribution in [-0.4, -0.2) is 26.4 Å². The van der Waals surface area contributed by atoms with Crippen LogP contribution in [0.4, 0.5) is 5.00 Å². The summed E-state index contributed by atoms with van der Waals surface area (Å²) in [6.45, 7) is 2.45. The molecule has 4 rings (SSSR count). The summed E-state index contributed by atoms with van der Waals surface area (Å²) in [6, 6.07) is 15.6. The second-order valence-electron chi connectivity index (χ2n) is 6.38. The first-order chi connectivity index (χ1) is 14.7. The van der Waals surface area contributed by atoms with E-state index in [9.17, 15) is 4.79 Å². The van der Waals surface area contributed by atoms with Crippen LogP contribution in [0.2, 0.25) is 0 Å². The largest absolute Gasteiger partial charge is 0.469 e. The average Bonchev–Trinajstić information content (AvgIpc) is 3.47. The molecule has 0 aliphatic rings. The highest BCUT2D eigenvalue weighted by atomic mass is 32.2. The van der Waals surface area contributed by atoms with Crippen LogP contribution in [0.3, 0.4) is 0 Å². The van der Waals surface area contributed by atoms with Crippen molar-refractivity contribution in [2.45, 2.75) is 18.6 Å². The Morgan fingerprint density at radius 1 is 1.27 bits per heavy atom. The fraction of sp³-hybridized carbons (Fsp3) is 0.143. The Morgan fingerprint density at radius 3 is 2.83 bits per heavy atom. The number of amides is 1. The minimum atomic E-state index is -0.200. The highest BCUT2D eigenvalue weighted by Crippen LogP contribution is 2.28. The molecule has 30 heavy (non-hydrogen) atoms. The number of nitrogens with one attached hydrogen (secondary N) is 1. The van der Waals surface area contributed by atoms with Crippen molar-refractivity contribution < 1.29 is 9.21 Å². The lowest BCUT2D eigenvalue weighted by atomic mass is 10.2. The maximum Gasteiger partial charge on any atom is 0.235 e. The molecular formula is C21H17N5O2S2. The first-order valence-corrected chi connectivity index (χ1v) is 10.9.